The van der Waals surface area contributed by atoms with E-state index in [0.29, 0.717) is 12.0 Å². The van der Waals surface area contributed by atoms with Crippen LogP contribution in [0, 0.1) is 12.3 Å². The van der Waals surface area contributed by atoms with Gasteiger partial charge in [-0.25, -0.2) is 0 Å². The van der Waals surface area contributed by atoms with E-state index in [-0.39, 0.29) is 28.1 Å². The van der Waals surface area contributed by atoms with Crippen LogP contribution < -0.4 is 5.32 Å². The van der Waals surface area contributed by atoms with E-state index >= 15 is 0 Å². The maximum atomic E-state index is 12.9. The molecular formula is C34H45Cl2NO3Ti. The van der Waals surface area contributed by atoms with Crippen molar-refractivity contribution in [3.05, 3.63) is 93.7 Å². The average molecular weight is 635 g/mol. The number of para-hydroxylation sites is 1. The van der Waals surface area contributed by atoms with E-state index < -0.39 is 17.0 Å². The van der Waals surface area contributed by atoms with Crippen LogP contribution >= 0.6 is 18.6 Å². The van der Waals surface area contributed by atoms with Gasteiger partial charge in [-0.3, -0.25) is 9.59 Å². The molecule has 0 heterocycles. The van der Waals surface area contributed by atoms with E-state index in [1.165, 1.54) is 0 Å². The molecule has 3 rings (SSSR count). The third-order valence-corrected chi connectivity index (χ3v) is 6.47. The number of phenols is 1. The summed E-state index contributed by atoms with van der Waals surface area (Å²) in [6, 6.07) is 13.7. The first-order valence-corrected chi connectivity index (χ1v) is 18.1. The van der Waals surface area contributed by atoms with Crippen molar-refractivity contribution in [3.8, 4) is 5.75 Å². The van der Waals surface area contributed by atoms with Crippen LogP contribution in [0.1, 0.15) is 96.6 Å². The van der Waals surface area contributed by atoms with E-state index in [9.17, 15) is 14.7 Å². The topological polar surface area (TPSA) is 66.4 Å². The maximum absolute atomic E-state index is 12.9. The number of ketones is 2. The Kier molecular flexibility index (Phi) is 14.9. The minimum atomic E-state index is -0.556. The Morgan fingerprint density at radius 1 is 0.902 bits per heavy atom. The third kappa shape index (κ3) is 11.2. The molecule has 41 heavy (non-hydrogen) atoms. The number of allylic oxidation sites excluding steroid dienone is 6. The fourth-order valence-corrected chi connectivity index (χ4v) is 4.35. The van der Waals surface area contributed by atoms with Crippen LogP contribution in [0.15, 0.2) is 77.0 Å². The number of aryl methyl sites for hydroxylation is 1. The zero-order valence-corrected chi connectivity index (χ0v) is 29.2. The number of aromatic hydroxyl groups is 1. The molecule has 0 fully saturated rings. The molecule has 0 unspecified atom stereocenters. The predicted molar refractivity (Wildman–Crippen MR) is 172 cm³/mol. The number of hydrogen-bond donors (Lipinski definition) is 2. The summed E-state index contributed by atoms with van der Waals surface area (Å²) >= 11 is -0.556. The SMILES string of the molecule is CC/C(Nc1ccccc1)=C1/C=C(C)C=C(C(C)(C)C)C1=O.CCC(=O)c1cc(C)cc(C(C)(C)C)c1O.[Cl][Ti][Cl]. The monoisotopic (exact) mass is 633 g/mol. The number of Topliss-reactive ketones (excluding diaryl/α,β-unsaturated/α-hetero) is 2. The summed E-state index contributed by atoms with van der Waals surface area (Å²) in [6.45, 7) is 20.2. The second-order valence-electron chi connectivity index (χ2n) is 12.1. The molecule has 2 N–H and O–H groups in total. The summed E-state index contributed by atoms with van der Waals surface area (Å²) in [6.07, 6.45) is 5.21. The molecular weight excluding hydrogens is 589 g/mol. The summed E-state index contributed by atoms with van der Waals surface area (Å²) in [4.78, 5) is 24.6. The van der Waals surface area contributed by atoms with Gasteiger partial charge in [0.05, 0.1) is 5.56 Å². The molecule has 0 bridgehead atoms. The molecule has 0 atom stereocenters. The minimum absolute atomic E-state index is 0.00769. The summed E-state index contributed by atoms with van der Waals surface area (Å²) in [5, 5.41) is 13.5. The number of carbonyl (C=O) groups is 2. The number of rotatable bonds is 5. The quantitative estimate of drug-likeness (QED) is 0.195. The second-order valence-corrected chi connectivity index (χ2v) is 14.6. The molecule has 1 aliphatic rings. The summed E-state index contributed by atoms with van der Waals surface area (Å²) in [5.74, 6) is 0.273. The van der Waals surface area contributed by atoms with Crippen LogP contribution in [-0.2, 0) is 27.2 Å². The Bertz CT molecular complexity index is 1300. The van der Waals surface area contributed by atoms with Crippen molar-refractivity contribution in [2.75, 3.05) is 5.32 Å². The van der Waals surface area contributed by atoms with Crippen LogP contribution in [0.3, 0.4) is 0 Å². The third-order valence-electron chi connectivity index (χ3n) is 6.47. The number of hydrogen-bond acceptors (Lipinski definition) is 4. The van der Waals surface area contributed by atoms with Crippen LogP contribution in [0.5, 0.6) is 5.75 Å². The first-order chi connectivity index (χ1) is 19.0. The molecule has 2 aromatic carbocycles. The van der Waals surface area contributed by atoms with Crippen molar-refractivity contribution in [2.24, 2.45) is 5.41 Å². The molecule has 0 aromatic heterocycles. The first-order valence-electron chi connectivity index (χ1n) is 13.9. The summed E-state index contributed by atoms with van der Waals surface area (Å²) in [5.41, 5.74) is 6.78. The van der Waals surface area contributed by atoms with Gasteiger partial charge in [-0.1, -0.05) is 85.7 Å². The Morgan fingerprint density at radius 3 is 1.93 bits per heavy atom. The number of anilines is 1. The fourth-order valence-electron chi connectivity index (χ4n) is 4.35. The molecule has 222 valence electrons. The molecule has 0 spiro atoms. The standard InChI is InChI=1S/C20H25NO.C14H20O2.2ClH.Ti/c1-6-18(21-15-10-8-7-9-11-15)16-12-14(2)13-17(19(16)22)20(3,4)5;1-6-12(15)10-7-9(2)8-11(13(10)16)14(3,4)5;;;/h7-13,21H,6H2,1-5H3;7-8,16H,6H2,1-5H3;2*1H;/q;;;;+2/p-2/b18-16+;;;;. The summed E-state index contributed by atoms with van der Waals surface area (Å²) in [7, 11) is 9.78. The van der Waals surface area contributed by atoms with Gasteiger partial charge in [0.2, 0.25) is 0 Å². The van der Waals surface area contributed by atoms with Crippen LogP contribution in [0.25, 0.3) is 0 Å². The van der Waals surface area contributed by atoms with Gasteiger partial charge >= 0.3 is 35.6 Å². The van der Waals surface area contributed by atoms with Gasteiger partial charge in [0, 0.05) is 34.5 Å². The number of carbonyl (C=O) groups excluding carboxylic acids is 2. The molecule has 0 saturated heterocycles. The Labute approximate surface area is 264 Å². The number of phenolic OH excluding ortho intramolecular Hbond substituents is 1. The average Bonchev–Trinajstić information content (AvgIpc) is 2.89. The van der Waals surface area contributed by atoms with Gasteiger partial charge in [0.25, 0.3) is 0 Å². The van der Waals surface area contributed by atoms with Crippen molar-refractivity contribution in [2.45, 2.75) is 87.5 Å². The van der Waals surface area contributed by atoms with E-state index in [4.69, 9.17) is 18.6 Å². The van der Waals surface area contributed by atoms with E-state index in [1.54, 1.807) is 13.0 Å². The molecule has 2 aromatic rings. The van der Waals surface area contributed by atoms with Gasteiger partial charge in [-0.15, -0.1) is 0 Å². The first kappa shape index (κ1) is 36.9. The Balaban J connectivity index is 0.000000390. The Morgan fingerprint density at radius 2 is 1.46 bits per heavy atom. The number of nitrogens with one attached hydrogen (secondary N) is 1. The van der Waals surface area contributed by atoms with Crippen molar-refractivity contribution in [3.63, 3.8) is 0 Å². The zero-order valence-electron chi connectivity index (χ0n) is 26.1. The molecule has 0 saturated carbocycles. The molecule has 0 radical (unpaired) electrons. The van der Waals surface area contributed by atoms with Gasteiger partial charge in [0.1, 0.15) is 5.75 Å². The van der Waals surface area contributed by atoms with Crippen LogP contribution in [0.4, 0.5) is 5.69 Å². The van der Waals surface area contributed by atoms with Crippen LogP contribution in [-0.4, -0.2) is 16.7 Å². The number of halogens is 2. The van der Waals surface area contributed by atoms with Crippen molar-refractivity contribution in [1.82, 2.24) is 0 Å². The fraction of sp³-hybridized carbons (Fsp3) is 0.412. The van der Waals surface area contributed by atoms with E-state index in [2.05, 4.69) is 33.0 Å². The second kappa shape index (κ2) is 16.5. The zero-order chi connectivity index (χ0) is 31.5. The number of benzene rings is 2. The molecule has 1 aliphatic carbocycles. The molecule has 0 aliphatic heterocycles. The Hall–Kier alpha value is -2.11. The predicted octanol–water partition coefficient (Wildman–Crippen LogP) is 10.2. The van der Waals surface area contributed by atoms with E-state index in [0.717, 1.165) is 45.7 Å². The van der Waals surface area contributed by atoms with Gasteiger partial charge in [0.15, 0.2) is 11.6 Å². The van der Waals surface area contributed by atoms with Crippen LogP contribution in [0.2, 0.25) is 0 Å². The van der Waals surface area contributed by atoms with Gasteiger partial charge in [-0.2, -0.15) is 0 Å². The van der Waals surface area contributed by atoms with Crippen molar-refractivity contribution < 1.29 is 31.7 Å². The molecule has 7 heteroatoms. The molecule has 0 amide bonds. The van der Waals surface area contributed by atoms with E-state index in [1.807, 2.05) is 83.2 Å². The molecule has 4 nitrogen and oxygen atoms in total. The normalized spacial score (nSPS) is 14.4. The van der Waals surface area contributed by atoms with Gasteiger partial charge < -0.3 is 10.4 Å². The van der Waals surface area contributed by atoms with Gasteiger partial charge in [-0.05, 0) is 66.5 Å². The van der Waals surface area contributed by atoms with Crippen molar-refractivity contribution >= 4 is 35.9 Å². The van der Waals surface area contributed by atoms with Crippen molar-refractivity contribution in [1.29, 1.82) is 0 Å². The summed E-state index contributed by atoms with van der Waals surface area (Å²) < 4.78 is 0.